The molecule has 124 valence electrons. The molecule has 0 bridgehead atoms. The summed E-state index contributed by atoms with van der Waals surface area (Å²) in [6.45, 7) is 1.49. The fourth-order valence-corrected chi connectivity index (χ4v) is 3.24. The normalized spacial score (nSPS) is 10.7. The van der Waals surface area contributed by atoms with Crippen molar-refractivity contribution in [1.82, 2.24) is 4.90 Å². The van der Waals surface area contributed by atoms with Gasteiger partial charge in [-0.25, -0.2) is 0 Å². The highest BCUT2D eigenvalue weighted by Gasteiger charge is 2.18. The van der Waals surface area contributed by atoms with Crippen LogP contribution in [0.4, 0.5) is 0 Å². The molecule has 0 aliphatic carbocycles. The second-order valence-electron chi connectivity index (χ2n) is 5.45. The van der Waals surface area contributed by atoms with Gasteiger partial charge < -0.3 is 14.1 Å². The summed E-state index contributed by atoms with van der Waals surface area (Å²) in [5, 5.41) is 2.02. The Morgan fingerprint density at radius 1 is 1.17 bits per heavy atom. The van der Waals surface area contributed by atoms with Gasteiger partial charge in [-0.15, -0.1) is 11.3 Å². The smallest absolute Gasteiger partial charge is 0.254 e. The van der Waals surface area contributed by atoms with Crippen LogP contribution in [0, 0.1) is 0 Å². The number of amides is 1. The standard InChI is InChI=1S/C19H19NO3S/c1-22-14-15-5-2-6-16(11-15)19(21)20(12-17-7-3-9-23-17)13-18-8-4-10-24-18/h2-11H,12-14H2,1H3. The number of ether oxygens (including phenoxy) is 1. The molecule has 0 N–H and O–H groups in total. The minimum atomic E-state index is -0.0160. The van der Waals surface area contributed by atoms with Gasteiger partial charge >= 0.3 is 0 Å². The maximum atomic E-state index is 13.0. The number of carbonyl (C=O) groups is 1. The largest absolute Gasteiger partial charge is 0.467 e. The predicted octanol–water partition coefficient (Wildman–Crippen LogP) is 4.33. The molecule has 0 radical (unpaired) electrons. The van der Waals surface area contributed by atoms with E-state index in [4.69, 9.17) is 9.15 Å². The number of thiophene rings is 1. The zero-order chi connectivity index (χ0) is 16.8. The highest BCUT2D eigenvalue weighted by atomic mass is 32.1. The van der Waals surface area contributed by atoms with Crippen LogP contribution in [0.5, 0.6) is 0 Å². The number of benzene rings is 1. The Labute approximate surface area is 145 Å². The van der Waals surface area contributed by atoms with Gasteiger partial charge in [0.25, 0.3) is 5.91 Å². The summed E-state index contributed by atoms with van der Waals surface area (Å²) in [7, 11) is 1.65. The number of rotatable bonds is 7. The third-order valence-electron chi connectivity index (χ3n) is 3.63. The van der Waals surface area contributed by atoms with Crippen LogP contribution in [0.25, 0.3) is 0 Å². The average molecular weight is 341 g/mol. The van der Waals surface area contributed by atoms with E-state index in [1.165, 1.54) is 0 Å². The first-order valence-corrected chi connectivity index (χ1v) is 8.56. The predicted molar refractivity (Wildman–Crippen MR) is 93.8 cm³/mol. The Bertz CT molecular complexity index is 730. The summed E-state index contributed by atoms with van der Waals surface area (Å²) >= 11 is 1.64. The highest BCUT2D eigenvalue weighted by Crippen LogP contribution is 2.18. The van der Waals surface area contributed by atoms with E-state index in [0.29, 0.717) is 25.3 Å². The molecule has 1 amide bonds. The van der Waals surface area contributed by atoms with Crippen LogP contribution < -0.4 is 0 Å². The Kier molecular flexibility index (Phi) is 5.46. The quantitative estimate of drug-likeness (QED) is 0.642. The van der Waals surface area contributed by atoms with Crippen molar-refractivity contribution >= 4 is 17.2 Å². The molecule has 0 unspecified atom stereocenters. The second-order valence-corrected chi connectivity index (χ2v) is 6.49. The Morgan fingerprint density at radius 2 is 2.08 bits per heavy atom. The van der Waals surface area contributed by atoms with E-state index < -0.39 is 0 Å². The van der Waals surface area contributed by atoms with E-state index >= 15 is 0 Å². The highest BCUT2D eigenvalue weighted by molar-refractivity contribution is 7.09. The van der Waals surface area contributed by atoms with E-state index in [9.17, 15) is 4.79 Å². The van der Waals surface area contributed by atoms with Crippen molar-refractivity contribution in [2.45, 2.75) is 19.7 Å². The van der Waals surface area contributed by atoms with Gasteiger partial charge in [-0.05, 0) is 41.3 Å². The molecule has 0 aliphatic rings. The summed E-state index contributed by atoms with van der Waals surface area (Å²) in [6.07, 6.45) is 1.63. The Balaban J connectivity index is 1.83. The van der Waals surface area contributed by atoms with Crippen molar-refractivity contribution in [2.24, 2.45) is 0 Å². The lowest BCUT2D eigenvalue weighted by Crippen LogP contribution is -2.29. The first kappa shape index (κ1) is 16.5. The van der Waals surface area contributed by atoms with Crippen molar-refractivity contribution in [3.8, 4) is 0 Å². The van der Waals surface area contributed by atoms with Gasteiger partial charge in [0.2, 0.25) is 0 Å². The summed E-state index contributed by atoms with van der Waals surface area (Å²) in [5.74, 6) is 0.755. The molecule has 0 atom stereocenters. The lowest BCUT2D eigenvalue weighted by molar-refractivity contribution is 0.0719. The van der Waals surface area contributed by atoms with Crippen LogP contribution in [0.3, 0.4) is 0 Å². The Morgan fingerprint density at radius 3 is 2.79 bits per heavy atom. The molecule has 24 heavy (non-hydrogen) atoms. The number of hydrogen-bond donors (Lipinski definition) is 0. The van der Waals surface area contributed by atoms with Crippen molar-refractivity contribution in [3.63, 3.8) is 0 Å². The van der Waals surface area contributed by atoms with E-state index in [2.05, 4.69) is 0 Å². The fourth-order valence-electron chi connectivity index (χ4n) is 2.52. The van der Waals surface area contributed by atoms with Crippen LogP contribution in [0.2, 0.25) is 0 Å². The molecule has 0 spiro atoms. The third-order valence-corrected chi connectivity index (χ3v) is 4.49. The lowest BCUT2D eigenvalue weighted by Gasteiger charge is -2.21. The number of methoxy groups -OCH3 is 1. The van der Waals surface area contributed by atoms with Crippen molar-refractivity contribution in [3.05, 3.63) is 81.9 Å². The van der Waals surface area contributed by atoms with E-state index in [0.717, 1.165) is 16.2 Å². The van der Waals surface area contributed by atoms with Gasteiger partial charge in [-0.3, -0.25) is 4.79 Å². The molecule has 0 saturated heterocycles. The maximum Gasteiger partial charge on any atom is 0.254 e. The zero-order valence-electron chi connectivity index (χ0n) is 13.5. The van der Waals surface area contributed by atoms with Crippen molar-refractivity contribution < 1.29 is 13.9 Å². The summed E-state index contributed by atoms with van der Waals surface area (Å²) in [4.78, 5) is 15.9. The first-order chi connectivity index (χ1) is 11.8. The van der Waals surface area contributed by atoms with Crippen LogP contribution in [0.15, 0.2) is 64.6 Å². The van der Waals surface area contributed by atoms with Crippen LogP contribution in [0.1, 0.15) is 26.6 Å². The molecule has 0 saturated carbocycles. The monoisotopic (exact) mass is 341 g/mol. The maximum absolute atomic E-state index is 13.0. The van der Waals surface area contributed by atoms with Gasteiger partial charge in [-0.2, -0.15) is 0 Å². The number of hydrogen-bond acceptors (Lipinski definition) is 4. The van der Waals surface area contributed by atoms with Crippen LogP contribution >= 0.6 is 11.3 Å². The number of nitrogens with zero attached hydrogens (tertiary/aromatic N) is 1. The topological polar surface area (TPSA) is 42.7 Å². The molecule has 3 rings (SSSR count). The van der Waals surface area contributed by atoms with Crippen LogP contribution in [-0.4, -0.2) is 17.9 Å². The molecule has 4 nitrogen and oxygen atoms in total. The van der Waals surface area contributed by atoms with Crippen molar-refractivity contribution in [2.75, 3.05) is 7.11 Å². The number of furan rings is 1. The van der Waals surface area contributed by atoms with Crippen LogP contribution in [-0.2, 0) is 24.4 Å². The SMILES string of the molecule is COCc1cccc(C(=O)N(Cc2ccco2)Cc2cccs2)c1. The number of carbonyl (C=O) groups excluding carboxylic acids is 1. The zero-order valence-corrected chi connectivity index (χ0v) is 14.3. The molecule has 2 aromatic heterocycles. The van der Waals surface area contributed by atoms with Gasteiger partial charge in [0.15, 0.2) is 0 Å². The summed E-state index contributed by atoms with van der Waals surface area (Å²) < 4.78 is 10.6. The second kappa shape index (κ2) is 7.95. The average Bonchev–Trinajstić information content (AvgIpc) is 3.28. The summed E-state index contributed by atoms with van der Waals surface area (Å²) in [5.41, 5.74) is 1.64. The minimum Gasteiger partial charge on any atom is -0.467 e. The molecular formula is C19H19NO3S. The summed E-state index contributed by atoms with van der Waals surface area (Å²) in [6, 6.07) is 15.3. The van der Waals surface area contributed by atoms with Crippen molar-refractivity contribution in [1.29, 1.82) is 0 Å². The van der Waals surface area contributed by atoms with E-state index in [1.54, 1.807) is 29.6 Å². The van der Waals surface area contributed by atoms with E-state index in [1.807, 2.05) is 53.9 Å². The van der Waals surface area contributed by atoms with Gasteiger partial charge in [0.05, 0.1) is 26.0 Å². The first-order valence-electron chi connectivity index (χ1n) is 7.68. The van der Waals surface area contributed by atoms with E-state index in [-0.39, 0.29) is 5.91 Å². The molecule has 0 fully saturated rings. The molecule has 3 aromatic rings. The third kappa shape index (κ3) is 4.13. The lowest BCUT2D eigenvalue weighted by atomic mass is 10.1. The molecular weight excluding hydrogens is 322 g/mol. The molecule has 1 aromatic carbocycles. The minimum absolute atomic E-state index is 0.0160. The fraction of sp³-hybridized carbons (Fsp3) is 0.211. The molecule has 5 heteroatoms. The molecule has 0 aliphatic heterocycles. The van der Waals surface area contributed by atoms with Gasteiger partial charge in [-0.1, -0.05) is 18.2 Å². The molecule has 2 heterocycles. The van der Waals surface area contributed by atoms with Gasteiger partial charge in [0.1, 0.15) is 5.76 Å². The van der Waals surface area contributed by atoms with Gasteiger partial charge in [0, 0.05) is 17.6 Å². The Hall–Kier alpha value is -2.37.